The van der Waals surface area contributed by atoms with Crippen LogP contribution in [0, 0.1) is 5.92 Å². The minimum Gasteiger partial charge on any atom is -0.394 e. The molecule has 1 aliphatic carbocycles. The topological polar surface area (TPSA) is 67.2 Å². The number of nitrogens with one attached hydrogen (secondary N) is 1. The van der Waals surface area contributed by atoms with Crippen molar-refractivity contribution < 1.29 is 9.90 Å². The van der Waals surface area contributed by atoms with Crippen LogP contribution in [-0.2, 0) is 12.8 Å². The third kappa shape index (κ3) is 3.82. The number of thioether (sulfide) groups is 1. The van der Waals surface area contributed by atoms with Gasteiger partial charge in [-0.1, -0.05) is 23.9 Å². The van der Waals surface area contributed by atoms with E-state index < -0.39 is 5.54 Å². The summed E-state index contributed by atoms with van der Waals surface area (Å²) < 4.78 is 1.98. The third-order valence-corrected chi connectivity index (χ3v) is 5.67. The Morgan fingerprint density at radius 3 is 2.92 bits per heavy atom. The summed E-state index contributed by atoms with van der Waals surface area (Å²) in [5.41, 5.74) is 1.19. The molecule has 1 saturated carbocycles. The lowest BCUT2D eigenvalue weighted by Crippen LogP contribution is -2.50. The van der Waals surface area contributed by atoms with E-state index in [1.54, 1.807) is 18.0 Å². The maximum absolute atomic E-state index is 12.5. The molecule has 1 atom stereocenters. The normalized spacial score (nSPS) is 16.6. The van der Waals surface area contributed by atoms with E-state index in [4.69, 9.17) is 0 Å². The number of amides is 1. The van der Waals surface area contributed by atoms with Crippen molar-refractivity contribution >= 4 is 17.7 Å². The molecule has 0 radical (unpaired) electrons. The first-order chi connectivity index (χ1) is 11.5. The number of aryl methyl sites for hydroxylation is 1. The maximum Gasteiger partial charge on any atom is 0.251 e. The molecular weight excluding hydrogens is 322 g/mol. The van der Waals surface area contributed by atoms with Gasteiger partial charge in [0.25, 0.3) is 5.91 Å². The van der Waals surface area contributed by atoms with Gasteiger partial charge in [-0.15, -0.1) is 0 Å². The van der Waals surface area contributed by atoms with Crippen molar-refractivity contribution in [2.45, 2.75) is 36.2 Å². The van der Waals surface area contributed by atoms with Crippen molar-refractivity contribution in [3.63, 3.8) is 0 Å². The first-order valence-corrected chi connectivity index (χ1v) is 9.13. The fourth-order valence-corrected chi connectivity index (χ4v) is 3.64. The van der Waals surface area contributed by atoms with Crippen LogP contribution in [0.15, 0.2) is 41.8 Å². The number of carbonyl (C=O) groups is 1. The van der Waals surface area contributed by atoms with E-state index in [2.05, 4.69) is 10.3 Å². The number of rotatable bonds is 7. The predicted octanol–water partition coefficient (Wildman–Crippen LogP) is 2.60. The average molecular weight is 345 g/mol. The second-order valence-corrected chi connectivity index (χ2v) is 7.56. The van der Waals surface area contributed by atoms with E-state index in [1.807, 2.05) is 49.0 Å². The van der Waals surface area contributed by atoms with Crippen molar-refractivity contribution in [1.29, 1.82) is 0 Å². The summed E-state index contributed by atoms with van der Waals surface area (Å²) in [4.78, 5) is 16.8. The van der Waals surface area contributed by atoms with Crippen LogP contribution in [0.5, 0.6) is 0 Å². The second kappa shape index (κ2) is 6.99. The zero-order valence-corrected chi connectivity index (χ0v) is 14.8. The quantitative estimate of drug-likeness (QED) is 0.757. The van der Waals surface area contributed by atoms with Gasteiger partial charge in [0.2, 0.25) is 0 Å². The number of carbonyl (C=O) groups excluding carboxylic acids is 1. The number of aliphatic hydroxyl groups excluding tert-OH is 1. The molecule has 1 aromatic heterocycles. The molecule has 5 nitrogen and oxygen atoms in total. The van der Waals surface area contributed by atoms with Gasteiger partial charge in [-0.05, 0) is 43.4 Å². The predicted molar refractivity (Wildman–Crippen MR) is 94.9 cm³/mol. The zero-order chi connectivity index (χ0) is 17.2. The summed E-state index contributed by atoms with van der Waals surface area (Å²) in [6, 6.07) is 7.64. The molecule has 1 unspecified atom stereocenters. The van der Waals surface area contributed by atoms with E-state index in [9.17, 15) is 9.90 Å². The van der Waals surface area contributed by atoms with Crippen LogP contribution in [0.25, 0.3) is 0 Å². The fourth-order valence-electron chi connectivity index (χ4n) is 2.76. The molecule has 24 heavy (non-hydrogen) atoms. The van der Waals surface area contributed by atoms with Crippen LogP contribution < -0.4 is 5.32 Å². The molecule has 0 saturated heterocycles. The molecule has 2 N–H and O–H groups in total. The van der Waals surface area contributed by atoms with Gasteiger partial charge < -0.3 is 15.0 Å². The molecule has 1 aromatic carbocycles. The summed E-state index contributed by atoms with van der Waals surface area (Å²) in [5, 5.41) is 13.6. The van der Waals surface area contributed by atoms with E-state index in [-0.39, 0.29) is 12.5 Å². The Bertz CT molecular complexity index is 727. The summed E-state index contributed by atoms with van der Waals surface area (Å²) in [6.45, 7) is 1.89. The molecular formula is C18H23N3O2S. The van der Waals surface area contributed by atoms with E-state index in [0.29, 0.717) is 11.5 Å². The summed E-state index contributed by atoms with van der Waals surface area (Å²) in [6.07, 6.45) is 5.83. The lowest BCUT2D eigenvalue weighted by Gasteiger charge is -2.28. The molecule has 3 rings (SSSR count). The standard InChI is InChI=1S/C18H23N3O2S/c1-18(12-22,15-6-7-15)20-16(23)14-5-3-4-13(10-14)11-24-17-19-8-9-21(17)2/h3-5,8-10,15,22H,6-7,11-12H2,1-2H3,(H,20,23). The minimum atomic E-state index is -0.519. The maximum atomic E-state index is 12.5. The Kier molecular flexibility index (Phi) is 4.96. The zero-order valence-electron chi connectivity index (χ0n) is 14.0. The van der Waals surface area contributed by atoms with Gasteiger partial charge in [-0.25, -0.2) is 4.98 Å². The highest BCUT2D eigenvalue weighted by Gasteiger charge is 2.42. The molecule has 6 heteroatoms. The number of hydrogen-bond donors (Lipinski definition) is 2. The smallest absolute Gasteiger partial charge is 0.251 e. The highest BCUT2D eigenvalue weighted by molar-refractivity contribution is 7.98. The SMILES string of the molecule is Cn1ccnc1SCc1cccc(C(=O)NC(C)(CO)C2CC2)c1. The summed E-state index contributed by atoms with van der Waals surface area (Å²) in [5.74, 6) is 1.02. The Morgan fingerprint density at radius 2 is 2.29 bits per heavy atom. The summed E-state index contributed by atoms with van der Waals surface area (Å²) in [7, 11) is 1.97. The van der Waals surface area contributed by atoms with Crippen LogP contribution >= 0.6 is 11.8 Å². The molecule has 0 bridgehead atoms. The number of aromatic nitrogens is 2. The van der Waals surface area contributed by atoms with Crippen molar-refractivity contribution in [2.24, 2.45) is 13.0 Å². The van der Waals surface area contributed by atoms with Gasteiger partial charge in [0.15, 0.2) is 5.16 Å². The Morgan fingerprint density at radius 1 is 1.50 bits per heavy atom. The molecule has 128 valence electrons. The largest absolute Gasteiger partial charge is 0.394 e. The van der Waals surface area contributed by atoms with Crippen LogP contribution in [0.1, 0.15) is 35.7 Å². The minimum absolute atomic E-state index is 0.0297. The molecule has 0 spiro atoms. The highest BCUT2D eigenvalue weighted by atomic mass is 32.2. The Hall–Kier alpha value is -1.79. The number of nitrogens with zero attached hydrogens (tertiary/aromatic N) is 2. The van der Waals surface area contributed by atoms with E-state index in [0.717, 1.165) is 29.3 Å². The van der Waals surface area contributed by atoms with Crippen molar-refractivity contribution in [3.8, 4) is 0 Å². The Labute approximate surface area is 146 Å². The first kappa shape index (κ1) is 17.0. The molecule has 1 aliphatic rings. The number of aliphatic hydroxyl groups is 1. The van der Waals surface area contributed by atoms with Gasteiger partial charge >= 0.3 is 0 Å². The molecule has 1 fully saturated rings. The van der Waals surface area contributed by atoms with Crippen molar-refractivity contribution in [1.82, 2.24) is 14.9 Å². The van der Waals surface area contributed by atoms with E-state index >= 15 is 0 Å². The third-order valence-electron chi connectivity index (χ3n) is 4.54. The lowest BCUT2D eigenvalue weighted by molar-refractivity contribution is 0.0824. The number of hydrogen-bond acceptors (Lipinski definition) is 4. The molecule has 1 amide bonds. The van der Waals surface area contributed by atoms with Gasteiger partial charge in [-0.2, -0.15) is 0 Å². The number of benzene rings is 1. The van der Waals surface area contributed by atoms with Gasteiger partial charge in [0.05, 0.1) is 12.1 Å². The van der Waals surface area contributed by atoms with Crippen LogP contribution in [0.3, 0.4) is 0 Å². The van der Waals surface area contributed by atoms with Crippen molar-refractivity contribution in [3.05, 3.63) is 47.8 Å². The van der Waals surface area contributed by atoms with E-state index in [1.165, 1.54) is 0 Å². The number of imidazole rings is 1. The van der Waals surface area contributed by atoms with Crippen LogP contribution in [0.4, 0.5) is 0 Å². The van der Waals surface area contributed by atoms with Crippen LogP contribution in [0.2, 0.25) is 0 Å². The molecule has 2 aromatic rings. The second-order valence-electron chi connectivity index (χ2n) is 6.61. The van der Waals surface area contributed by atoms with Gasteiger partial charge in [0, 0.05) is 30.8 Å². The summed E-state index contributed by atoms with van der Waals surface area (Å²) >= 11 is 1.64. The highest BCUT2D eigenvalue weighted by Crippen LogP contribution is 2.39. The average Bonchev–Trinajstić information content (AvgIpc) is 3.37. The monoisotopic (exact) mass is 345 g/mol. The molecule has 0 aliphatic heterocycles. The lowest BCUT2D eigenvalue weighted by atomic mass is 9.96. The van der Waals surface area contributed by atoms with Gasteiger partial charge in [-0.3, -0.25) is 4.79 Å². The first-order valence-electron chi connectivity index (χ1n) is 8.14. The van der Waals surface area contributed by atoms with Gasteiger partial charge in [0.1, 0.15) is 0 Å². The van der Waals surface area contributed by atoms with Crippen molar-refractivity contribution in [2.75, 3.05) is 6.61 Å². The van der Waals surface area contributed by atoms with Crippen LogP contribution in [-0.4, -0.2) is 32.7 Å². The fraction of sp³-hybridized carbons (Fsp3) is 0.444. The molecule has 1 heterocycles. The Balaban J connectivity index is 1.66.